The van der Waals surface area contributed by atoms with Crippen LogP contribution in [0.3, 0.4) is 0 Å². The molecule has 0 atom stereocenters. The van der Waals surface area contributed by atoms with Crippen LogP contribution in [0, 0.1) is 0 Å². The maximum atomic E-state index is 11.5. The van der Waals surface area contributed by atoms with E-state index in [0.29, 0.717) is 33.3 Å². The number of nitrogens with one attached hydrogen (secondary N) is 1. The second-order valence-corrected chi connectivity index (χ2v) is 6.09. The highest BCUT2D eigenvalue weighted by molar-refractivity contribution is 6.42. The van der Waals surface area contributed by atoms with E-state index in [9.17, 15) is 4.79 Å². The summed E-state index contributed by atoms with van der Waals surface area (Å²) < 4.78 is 0. The molecular formula is C15H16Cl2N4O. The van der Waals surface area contributed by atoms with Gasteiger partial charge in [0.05, 0.1) is 27.3 Å². The number of hydrogen-bond donors (Lipinski definition) is 1. The Morgan fingerprint density at radius 2 is 2.00 bits per heavy atom. The first-order valence-electron chi connectivity index (χ1n) is 7.27. The number of carbonyl (C=O) groups excluding carboxylic acids is 1. The second kappa shape index (κ2) is 6.67. The predicted octanol–water partition coefficient (Wildman–Crippen LogP) is 3.36. The number of benzene rings is 1. The maximum absolute atomic E-state index is 11.5. The molecule has 1 aliphatic rings. The van der Waals surface area contributed by atoms with E-state index in [-0.39, 0.29) is 5.91 Å². The molecule has 0 aliphatic carbocycles. The molecule has 0 spiro atoms. The van der Waals surface area contributed by atoms with Gasteiger partial charge in [-0.15, -0.1) is 0 Å². The number of carbonyl (C=O) groups is 1. The van der Waals surface area contributed by atoms with Gasteiger partial charge in [-0.3, -0.25) is 9.78 Å². The van der Waals surface area contributed by atoms with Crippen LogP contribution in [0.25, 0.3) is 11.0 Å². The van der Waals surface area contributed by atoms with Crippen LogP contribution in [0.4, 0.5) is 5.82 Å². The summed E-state index contributed by atoms with van der Waals surface area (Å²) in [7, 11) is 0. The van der Waals surface area contributed by atoms with E-state index < -0.39 is 0 Å². The highest BCUT2D eigenvalue weighted by Gasteiger charge is 2.18. The van der Waals surface area contributed by atoms with Crippen LogP contribution in [0.15, 0.2) is 18.3 Å². The highest BCUT2D eigenvalue weighted by atomic mass is 35.5. The van der Waals surface area contributed by atoms with Crippen LogP contribution in [0.2, 0.25) is 10.0 Å². The number of likely N-dealkylation sites (tertiary alicyclic amines) is 1. The van der Waals surface area contributed by atoms with Gasteiger partial charge < -0.3 is 10.2 Å². The van der Waals surface area contributed by atoms with Crippen molar-refractivity contribution in [1.82, 2.24) is 14.9 Å². The quantitative estimate of drug-likeness (QED) is 0.849. The molecule has 7 heteroatoms. The summed E-state index contributed by atoms with van der Waals surface area (Å²) in [5, 5.41) is 4.16. The number of fused-ring (bicyclic) bond motifs is 1. The van der Waals surface area contributed by atoms with Gasteiger partial charge in [0.1, 0.15) is 5.82 Å². The molecule has 1 N–H and O–H groups in total. The highest BCUT2D eigenvalue weighted by Crippen LogP contribution is 2.26. The van der Waals surface area contributed by atoms with Crippen molar-refractivity contribution in [3.8, 4) is 0 Å². The van der Waals surface area contributed by atoms with Gasteiger partial charge in [-0.1, -0.05) is 23.2 Å². The standard InChI is InChI=1S/C15H16Cl2N4O/c16-10-7-12-13(8-11(10)17)20-14(9-19-12)18-4-2-6-21-5-1-3-15(21)22/h7-9H,1-6H2,(H,18,20). The average Bonchev–Trinajstić information content (AvgIpc) is 2.90. The number of hydrogen-bond acceptors (Lipinski definition) is 4. The summed E-state index contributed by atoms with van der Waals surface area (Å²) in [6.45, 7) is 2.41. The lowest BCUT2D eigenvalue weighted by Crippen LogP contribution is -2.27. The van der Waals surface area contributed by atoms with E-state index in [1.165, 1.54) is 0 Å². The van der Waals surface area contributed by atoms with E-state index in [4.69, 9.17) is 23.2 Å². The SMILES string of the molecule is O=C1CCCN1CCCNc1cnc2cc(Cl)c(Cl)cc2n1. The van der Waals surface area contributed by atoms with Gasteiger partial charge in [0.15, 0.2) is 0 Å². The summed E-state index contributed by atoms with van der Waals surface area (Å²) in [5.41, 5.74) is 1.41. The van der Waals surface area contributed by atoms with Crippen molar-refractivity contribution in [2.45, 2.75) is 19.3 Å². The molecule has 1 amide bonds. The van der Waals surface area contributed by atoms with Crippen LogP contribution in [0.1, 0.15) is 19.3 Å². The molecular weight excluding hydrogens is 323 g/mol. The number of aromatic nitrogens is 2. The number of amides is 1. The van der Waals surface area contributed by atoms with Gasteiger partial charge >= 0.3 is 0 Å². The van der Waals surface area contributed by atoms with Crippen LogP contribution < -0.4 is 5.32 Å². The van der Waals surface area contributed by atoms with Gasteiger partial charge in [-0.2, -0.15) is 0 Å². The first kappa shape index (κ1) is 15.3. The Morgan fingerprint density at radius 1 is 1.23 bits per heavy atom. The van der Waals surface area contributed by atoms with Gasteiger partial charge in [-0.25, -0.2) is 4.98 Å². The smallest absolute Gasteiger partial charge is 0.222 e. The lowest BCUT2D eigenvalue weighted by atomic mass is 10.3. The molecule has 0 bridgehead atoms. The third kappa shape index (κ3) is 3.42. The molecule has 22 heavy (non-hydrogen) atoms. The molecule has 2 heterocycles. The Bertz CT molecular complexity index is 707. The van der Waals surface area contributed by atoms with Crippen LogP contribution in [0.5, 0.6) is 0 Å². The van der Waals surface area contributed by atoms with E-state index in [1.54, 1.807) is 18.3 Å². The molecule has 1 fully saturated rings. The summed E-state index contributed by atoms with van der Waals surface area (Å²) in [5.74, 6) is 0.954. The van der Waals surface area contributed by atoms with Crippen molar-refractivity contribution in [1.29, 1.82) is 0 Å². The zero-order valence-electron chi connectivity index (χ0n) is 12.0. The lowest BCUT2D eigenvalue weighted by Gasteiger charge is -2.15. The molecule has 1 aromatic carbocycles. The molecule has 0 unspecified atom stereocenters. The summed E-state index contributed by atoms with van der Waals surface area (Å²) in [4.78, 5) is 22.2. The van der Waals surface area contributed by atoms with Crippen LogP contribution >= 0.6 is 23.2 Å². The van der Waals surface area contributed by atoms with Gasteiger partial charge in [0, 0.05) is 26.1 Å². The van der Waals surface area contributed by atoms with E-state index in [0.717, 1.165) is 32.5 Å². The number of halogens is 2. The molecule has 1 saturated heterocycles. The molecule has 116 valence electrons. The molecule has 3 rings (SSSR count). The number of rotatable bonds is 5. The van der Waals surface area contributed by atoms with Crippen molar-refractivity contribution in [3.63, 3.8) is 0 Å². The van der Waals surface area contributed by atoms with Crippen molar-refractivity contribution in [2.75, 3.05) is 25.0 Å². The fourth-order valence-electron chi connectivity index (χ4n) is 2.52. The minimum Gasteiger partial charge on any atom is -0.369 e. The van der Waals surface area contributed by atoms with E-state index >= 15 is 0 Å². The van der Waals surface area contributed by atoms with Gasteiger partial charge in [-0.05, 0) is 25.0 Å². The van der Waals surface area contributed by atoms with Crippen LogP contribution in [-0.4, -0.2) is 40.4 Å². The van der Waals surface area contributed by atoms with Crippen molar-refractivity contribution in [3.05, 3.63) is 28.4 Å². The molecule has 0 saturated carbocycles. The lowest BCUT2D eigenvalue weighted by molar-refractivity contribution is -0.127. The first-order chi connectivity index (χ1) is 10.6. The third-order valence-corrected chi connectivity index (χ3v) is 4.39. The normalized spacial score (nSPS) is 14.8. The zero-order chi connectivity index (χ0) is 15.5. The molecule has 2 aromatic rings. The van der Waals surface area contributed by atoms with Crippen LogP contribution in [-0.2, 0) is 4.79 Å². The summed E-state index contributed by atoms with van der Waals surface area (Å²) in [6, 6.07) is 3.41. The second-order valence-electron chi connectivity index (χ2n) is 5.27. The van der Waals surface area contributed by atoms with Crippen molar-refractivity contribution >= 4 is 46.0 Å². The number of anilines is 1. The Morgan fingerprint density at radius 3 is 2.73 bits per heavy atom. The Kier molecular flexibility index (Phi) is 4.64. The predicted molar refractivity (Wildman–Crippen MR) is 88.5 cm³/mol. The zero-order valence-corrected chi connectivity index (χ0v) is 13.5. The molecule has 1 aromatic heterocycles. The molecule has 1 aliphatic heterocycles. The Hall–Kier alpha value is -1.59. The average molecular weight is 339 g/mol. The Labute approximate surface area is 138 Å². The molecule has 5 nitrogen and oxygen atoms in total. The van der Waals surface area contributed by atoms with E-state index in [1.807, 2.05) is 4.90 Å². The first-order valence-corrected chi connectivity index (χ1v) is 8.02. The fraction of sp³-hybridized carbons (Fsp3) is 0.400. The fourth-order valence-corrected chi connectivity index (χ4v) is 2.84. The topological polar surface area (TPSA) is 58.1 Å². The molecule has 0 radical (unpaired) electrons. The maximum Gasteiger partial charge on any atom is 0.222 e. The van der Waals surface area contributed by atoms with Crippen molar-refractivity contribution < 1.29 is 4.79 Å². The largest absolute Gasteiger partial charge is 0.369 e. The Balaban J connectivity index is 1.57. The summed E-state index contributed by atoms with van der Waals surface area (Å²) in [6.07, 6.45) is 4.22. The monoisotopic (exact) mass is 338 g/mol. The van der Waals surface area contributed by atoms with Crippen molar-refractivity contribution in [2.24, 2.45) is 0 Å². The minimum absolute atomic E-state index is 0.261. The van der Waals surface area contributed by atoms with Gasteiger partial charge in [0.25, 0.3) is 0 Å². The van der Waals surface area contributed by atoms with E-state index in [2.05, 4.69) is 15.3 Å². The number of nitrogens with zero attached hydrogens (tertiary/aromatic N) is 3. The third-order valence-electron chi connectivity index (χ3n) is 3.67. The minimum atomic E-state index is 0.261. The summed E-state index contributed by atoms with van der Waals surface area (Å²) >= 11 is 12.0. The van der Waals surface area contributed by atoms with Gasteiger partial charge in [0.2, 0.25) is 5.91 Å².